The number of urea groups is 1. The van der Waals surface area contributed by atoms with E-state index in [4.69, 9.17) is 19.0 Å². The van der Waals surface area contributed by atoms with Gasteiger partial charge < -0.3 is 39.3 Å². The quantitative estimate of drug-likeness (QED) is 0.242. The molecule has 1 fully saturated rings. The monoisotopic (exact) mass is 514 g/mol. The zero-order chi connectivity index (χ0) is 23.1. The van der Waals surface area contributed by atoms with Crippen LogP contribution in [0.2, 0.25) is 0 Å². The SMILES string of the molecule is C=C1C=CN([C@@H]2O[C@H](COP(O)(=S)OP(=O)(O)OP(=O)(O)O)[C@@H](O)[C@@]2(C)F)C(=O)N1. The second-order valence-corrected chi connectivity index (χ2v) is 12.0. The Morgan fingerprint density at radius 1 is 1.37 bits per heavy atom. The van der Waals surface area contributed by atoms with E-state index in [0.717, 1.165) is 11.8 Å². The van der Waals surface area contributed by atoms with Gasteiger partial charge in [0.15, 0.2) is 11.9 Å². The molecule has 30 heavy (non-hydrogen) atoms. The number of aliphatic hydroxyl groups is 1. The zero-order valence-corrected chi connectivity index (χ0v) is 18.5. The lowest BCUT2D eigenvalue weighted by Crippen LogP contribution is -2.53. The molecule has 2 rings (SSSR count). The Morgan fingerprint density at radius 3 is 2.50 bits per heavy atom. The van der Waals surface area contributed by atoms with E-state index in [1.807, 2.05) is 0 Å². The Labute approximate surface area is 174 Å². The number of phosphoric acid groups is 2. The third kappa shape index (κ3) is 6.47. The normalized spacial score (nSPS) is 33.8. The number of hydrogen-bond donors (Lipinski definition) is 6. The molecule has 2 heterocycles. The van der Waals surface area contributed by atoms with Crippen molar-refractivity contribution in [1.82, 2.24) is 10.2 Å². The number of amides is 2. The Balaban J connectivity index is 2.07. The molecule has 172 valence electrons. The van der Waals surface area contributed by atoms with Crippen molar-refractivity contribution >= 4 is 40.2 Å². The molecule has 0 aromatic carbocycles. The van der Waals surface area contributed by atoms with Crippen LogP contribution in [0.3, 0.4) is 0 Å². The summed E-state index contributed by atoms with van der Waals surface area (Å²) in [6.45, 7) is -1.12. The fourth-order valence-electron chi connectivity index (χ4n) is 2.49. The molecule has 2 aliphatic heterocycles. The number of carbonyl (C=O) groups is 1. The molecule has 0 radical (unpaired) electrons. The van der Waals surface area contributed by atoms with Gasteiger partial charge in [0.1, 0.15) is 12.2 Å². The minimum Gasteiger partial charge on any atom is -0.387 e. The highest BCUT2D eigenvalue weighted by Crippen LogP contribution is 2.66. The minimum atomic E-state index is -5.53. The van der Waals surface area contributed by atoms with Crippen LogP contribution >= 0.6 is 22.4 Å². The molecule has 0 aliphatic carbocycles. The number of halogens is 1. The average Bonchev–Trinajstić information content (AvgIpc) is 2.73. The first kappa shape index (κ1) is 25.7. The first-order valence-corrected chi connectivity index (χ1v) is 13.3. The van der Waals surface area contributed by atoms with E-state index in [-0.39, 0.29) is 5.70 Å². The molecule has 19 heteroatoms. The van der Waals surface area contributed by atoms with Gasteiger partial charge in [0.2, 0.25) is 0 Å². The summed E-state index contributed by atoms with van der Waals surface area (Å²) < 4.78 is 54.6. The standard InChI is InChI=1S/C11H18FN2O12P3S/c1-6-3-4-14(10(16)13-6)9-11(2,12)8(15)7(24-9)5-23-29(22,30)26-28(20,21)25-27(17,18)19/h3-4,7-9,15H,1,5H2,2H3,(H,13,16)(H,20,21)(H,22,30)(H2,17,18,19)/t7-,8-,9-,11-,29?/m1/s1. The number of hydrogen-bond acceptors (Lipinski definition) is 9. The molecule has 0 aromatic rings. The number of aliphatic hydroxyl groups excluding tert-OH is 1. The molecular formula is C11H18FN2O12P3S. The maximum Gasteiger partial charge on any atom is 0.488 e. The van der Waals surface area contributed by atoms with Crippen molar-refractivity contribution < 1.29 is 60.9 Å². The highest BCUT2D eigenvalue weighted by Gasteiger charge is 2.57. The second-order valence-electron chi connectivity index (χ2n) is 6.19. The number of allylic oxidation sites excluding steroid dienone is 1. The maximum atomic E-state index is 15.0. The molecular weight excluding hydrogens is 496 g/mol. The molecule has 2 amide bonds. The van der Waals surface area contributed by atoms with Crippen molar-refractivity contribution in [3.63, 3.8) is 0 Å². The van der Waals surface area contributed by atoms with Crippen LogP contribution in [0.25, 0.3) is 0 Å². The fourth-order valence-corrected chi connectivity index (χ4v) is 6.46. The fraction of sp³-hybridized carbons (Fsp3) is 0.545. The maximum absolute atomic E-state index is 15.0. The van der Waals surface area contributed by atoms with E-state index < -0.39 is 59.1 Å². The molecule has 0 aromatic heterocycles. The molecule has 2 unspecified atom stereocenters. The lowest BCUT2D eigenvalue weighted by atomic mass is 9.98. The van der Waals surface area contributed by atoms with Crippen LogP contribution in [-0.4, -0.2) is 66.3 Å². The van der Waals surface area contributed by atoms with Crippen molar-refractivity contribution in [1.29, 1.82) is 0 Å². The van der Waals surface area contributed by atoms with E-state index >= 15 is 4.39 Å². The van der Waals surface area contributed by atoms with Gasteiger partial charge in [0.05, 0.1) is 6.61 Å². The predicted octanol–water partition coefficient (Wildman–Crippen LogP) is 0.313. The van der Waals surface area contributed by atoms with E-state index in [1.54, 1.807) is 0 Å². The van der Waals surface area contributed by atoms with Crippen LogP contribution in [0.15, 0.2) is 24.6 Å². The van der Waals surface area contributed by atoms with Gasteiger partial charge in [-0.2, -0.15) is 4.31 Å². The Kier molecular flexibility index (Phi) is 7.50. The van der Waals surface area contributed by atoms with Crippen molar-refractivity contribution in [3.05, 3.63) is 24.6 Å². The number of alkyl halides is 1. The number of carbonyl (C=O) groups excluding carboxylic acids is 1. The van der Waals surface area contributed by atoms with Gasteiger partial charge in [-0.05, 0) is 24.8 Å². The van der Waals surface area contributed by atoms with Crippen LogP contribution in [0.1, 0.15) is 6.92 Å². The molecule has 6 atom stereocenters. The Morgan fingerprint density at radius 2 is 1.97 bits per heavy atom. The Bertz CT molecular complexity index is 893. The third-order valence-electron chi connectivity index (χ3n) is 3.73. The summed E-state index contributed by atoms with van der Waals surface area (Å²) in [5.41, 5.74) is -2.29. The predicted molar refractivity (Wildman–Crippen MR) is 99.3 cm³/mol. The zero-order valence-electron chi connectivity index (χ0n) is 15.0. The van der Waals surface area contributed by atoms with Crippen molar-refractivity contribution in [2.45, 2.75) is 31.0 Å². The summed E-state index contributed by atoms with van der Waals surface area (Å²) in [5.74, 6) is 0. The van der Waals surface area contributed by atoms with E-state index in [9.17, 15) is 28.8 Å². The van der Waals surface area contributed by atoms with Crippen LogP contribution in [0, 0.1) is 0 Å². The van der Waals surface area contributed by atoms with E-state index in [2.05, 4.69) is 32.3 Å². The van der Waals surface area contributed by atoms with Gasteiger partial charge in [0.25, 0.3) is 0 Å². The molecule has 14 nitrogen and oxygen atoms in total. The lowest BCUT2D eigenvalue weighted by molar-refractivity contribution is -0.0706. The summed E-state index contributed by atoms with van der Waals surface area (Å²) >= 11 is 4.43. The summed E-state index contributed by atoms with van der Waals surface area (Å²) in [5, 5.41) is 12.5. The number of ether oxygens (including phenoxy) is 1. The van der Waals surface area contributed by atoms with E-state index in [0.29, 0.717) is 0 Å². The van der Waals surface area contributed by atoms with Gasteiger partial charge in [-0.1, -0.05) is 6.58 Å². The molecule has 1 saturated heterocycles. The van der Waals surface area contributed by atoms with Gasteiger partial charge in [-0.15, -0.1) is 0 Å². The summed E-state index contributed by atoms with van der Waals surface area (Å²) in [6, 6.07) is -0.795. The molecule has 0 saturated carbocycles. The highest BCUT2D eigenvalue weighted by atomic mass is 32.5. The number of rotatable bonds is 8. The first-order valence-electron chi connectivity index (χ1n) is 7.71. The van der Waals surface area contributed by atoms with Gasteiger partial charge in [-0.25, -0.2) is 22.6 Å². The topological polar surface area (TPSA) is 205 Å². The third-order valence-corrected chi connectivity index (χ3v) is 8.44. The molecule has 6 N–H and O–H groups in total. The summed E-state index contributed by atoms with van der Waals surface area (Å²) in [4.78, 5) is 48.9. The van der Waals surface area contributed by atoms with Crippen molar-refractivity contribution in [3.8, 4) is 0 Å². The largest absolute Gasteiger partial charge is 0.488 e. The lowest BCUT2D eigenvalue weighted by Gasteiger charge is -2.33. The first-order chi connectivity index (χ1) is 13.4. The smallest absolute Gasteiger partial charge is 0.387 e. The second kappa shape index (κ2) is 8.75. The summed E-state index contributed by atoms with van der Waals surface area (Å²) in [6.07, 6.45) is -2.56. The summed E-state index contributed by atoms with van der Waals surface area (Å²) in [7, 11) is -11.0. The molecule has 0 spiro atoms. The average molecular weight is 514 g/mol. The molecule has 0 bridgehead atoms. The van der Waals surface area contributed by atoms with Crippen molar-refractivity contribution in [2.75, 3.05) is 6.61 Å². The van der Waals surface area contributed by atoms with Gasteiger partial charge in [-0.3, -0.25) is 4.90 Å². The minimum absolute atomic E-state index is 0.235. The van der Waals surface area contributed by atoms with Crippen LogP contribution in [0.4, 0.5) is 9.18 Å². The molecule has 2 aliphatic rings. The van der Waals surface area contributed by atoms with E-state index in [1.165, 1.54) is 12.3 Å². The van der Waals surface area contributed by atoms with Crippen LogP contribution < -0.4 is 5.32 Å². The van der Waals surface area contributed by atoms with Crippen LogP contribution in [0.5, 0.6) is 0 Å². The van der Waals surface area contributed by atoms with Crippen molar-refractivity contribution in [2.24, 2.45) is 0 Å². The van der Waals surface area contributed by atoms with Gasteiger partial charge >= 0.3 is 28.4 Å². The number of nitrogens with one attached hydrogen (secondary N) is 1. The Hall–Kier alpha value is -0.570. The number of nitrogens with zero attached hydrogens (tertiary/aromatic N) is 1. The highest BCUT2D eigenvalue weighted by molar-refractivity contribution is 8.08. The van der Waals surface area contributed by atoms with Crippen LogP contribution in [-0.2, 0) is 38.8 Å². The van der Waals surface area contributed by atoms with Gasteiger partial charge in [0, 0.05) is 11.9 Å².